The Morgan fingerprint density at radius 1 is 1.31 bits per heavy atom. The van der Waals surface area contributed by atoms with Crippen LogP contribution < -0.4 is 10.1 Å². The smallest absolute Gasteiger partial charge is 0.258 e. The van der Waals surface area contributed by atoms with Crippen molar-refractivity contribution in [2.75, 3.05) is 19.0 Å². The van der Waals surface area contributed by atoms with Crippen LogP contribution in [0, 0.1) is 5.82 Å². The maximum Gasteiger partial charge on any atom is 0.258 e. The number of carbonyl (C=O) groups is 2. The van der Waals surface area contributed by atoms with Crippen LogP contribution in [-0.4, -0.2) is 41.4 Å². The number of carbonyl (C=O) groups excluding carboxylic acids is 2. The standard InChI is InChI=1S/C23H21ClFN3O3S/c1-31-20-8-7-15(24)12-18(20)22(30)28-9-3-6-19(28)21(29)27-23-26-13-17(32-23)11-14-4-2-5-16(25)10-14/h2,4-5,7-8,10,12-13,19H,3,6,9,11H2,1H3,(H,26,27,29). The Morgan fingerprint density at radius 3 is 2.94 bits per heavy atom. The van der Waals surface area contributed by atoms with E-state index in [-0.39, 0.29) is 17.6 Å². The first kappa shape index (κ1) is 22.2. The van der Waals surface area contributed by atoms with Gasteiger partial charge in [-0.3, -0.25) is 9.59 Å². The number of hydrogen-bond acceptors (Lipinski definition) is 5. The molecule has 1 atom stereocenters. The molecule has 0 radical (unpaired) electrons. The highest BCUT2D eigenvalue weighted by Gasteiger charge is 2.36. The van der Waals surface area contributed by atoms with Crippen LogP contribution in [0.3, 0.4) is 0 Å². The molecule has 0 aliphatic carbocycles. The monoisotopic (exact) mass is 473 g/mol. The van der Waals surface area contributed by atoms with Gasteiger partial charge in [0.2, 0.25) is 5.91 Å². The molecule has 1 unspecified atom stereocenters. The van der Waals surface area contributed by atoms with E-state index < -0.39 is 6.04 Å². The number of thiazole rings is 1. The van der Waals surface area contributed by atoms with Crippen LogP contribution in [-0.2, 0) is 11.2 Å². The number of hydrogen-bond donors (Lipinski definition) is 1. The predicted octanol–water partition coefficient (Wildman–Crippen LogP) is 4.78. The lowest BCUT2D eigenvalue weighted by molar-refractivity contribution is -0.119. The van der Waals surface area contributed by atoms with E-state index in [1.165, 1.54) is 30.6 Å². The largest absolute Gasteiger partial charge is 0.496 e. The molecule has 32 heavy (non-hydrogen) atoms. The van der Waals surface area contributed by atoms with Crippen LogP contribution in [0.4, 0.5) is 9.52 Å². The van der Waals surface area contributed by atoms with Gasteiger partial charge in [-0.15, -0.1) is 11.3 Å². The number of likely N-dealkylation sites (tertiary alicyclic amines) is 1. The number of nitrogens with zero attached hydrogens (tertiary/aromatic N) is 2. The van der Waals surface area contributed by atoms with Gasteiger partial charge in [-0.2, -0.15) is 0 Å². The van der Waals surface area contributed by atoms with Gasteiger partial charge in [0.15, 0.2) is 5.13 Å². The van der Waals surface area contributed by atoms with Gasteiger partial charge in [-0.1, -0.05) is 23.7 Å². The summed E-state index contributed by atoms with van der Waals surface area (Å²) in [5.41, 5.74) is 1.15. The first-order valence-corrected chi connectivity index (χ1v) is 11.3. The van der Waals surface area contributed by atoms with Gasteiger partial charge in [0.1, 0.15) is 17.6 Å². The summed E-state index contributed by atoms with van der Waals surface area (Å²) >= 11 is 7.39. The van der Waals surface area contributed by atoms with Gasteiger partial charge in [0, 0.05) is 29.1 Å². The molecule has 1 fully saturated rings. The highest BCUT2D eigenvalue weighted by atomic mass is 35.5. The summed E-state index contributed by atoms with van der Waals surface area (Å²) in [5.74, 6) is -0.466. The van der Waals surface area contributed by atoms with Crippen molar-refractivity contribution in [2.24, 2.45) is 0 Å². The Bertz CT molecular complexity index is 1150. The summed E-state index contributed by atoms with van der Waals surface area (Å²) < 4.78 is 18.7. The summed E-state index contributed by atoms with van der Waals surface area (Å²) in [6.07, 6.45) is 3.46. The minimum absolute atomic E-state index is 0.288. The van der Waals surface area contributed by atoms with Crippen molar-refractivity contribution in [2.45, 2.75) is 25.3 Å². The second-order valence-electron chi connectivity index (χ2n) is 7.43. The number of ether oxygens (including phenoxy) is 1. The molecular formula is C23H21ClFN3O3S. The average Bonchev–Trinajstić information content (AvgIpc) is 3.43. The fraction of sp³-hybridized carbons (Fsp3) is 0.261. The lowest BCUT2D eigenvalue weighted by atomic mass is 10.1. The van der Waals surface area contributed by atoms with Crippen molar-refractivity contribution >= 4 is 39.9 Å². The van der Waals surface area contributed by atoms with Gasteiger partial charge < -0.3 is 15.0 Å². The Labute approximate surface area is 194 Å². The molecule has 1 aliphatic rings. The molecule has 1 aromatic heterocycles. The normalized spacial score (nSPS) is 15.6. The maximum atomic E-state index is 13.4. The van der Waals surface area contributed by atoms with Crippen molar-refractivity contribution in [3.05, 3.63) is 75.5 Å². The Hall–Kier alpha value is -2.97. The topological polar surface area (TPSA) is 71.5 Å². The zero-order valence-electron chi connectivity index (χ0n) is 17.3. The van der Waals surface area contributed by atoms with Crippen molar-refractivity contribution in [3.8, 4) is 5.75 Å². The predicted molar refractivity (Wildman–Crippen MR) is 122 cm³/mol. The molecule has 1 N–H and O–H groups in total. The number of anilines is 1. The van der Waals surface area contributed by atoms with Crippen LogP contribution >= 0.6 is 22.9 Å². The molecule has 4 rings (SSSR count). The lowest BCUT2D eigenvalue weighted by Gasteiger charge is -2.24. The van der Waals surface area contributed by atoms with Crippen LogP contribution in [0.5, 0.6) is 5.75 Å². The van der Waals surface area contributed by atoms with E-state index in [9.17, 15) is 14.0 Å². The van der Waals surface area contributed by atoms with Gasteiger partial charge in [-0.05, 0) is 48.7 Å². The third-order valence-corrected chi connectivity index (χ3v) is 6.41. The zero-order chi connectivity index (χ0) is 22.7. The van der Waals surface area contributed by atoms with Gasteiger partial charge in [-0.25, -0.2) is 9.37 Å². The number of rotatable bonds is 6. The second kappa shape index (κ2) is 9.67. The van der Waals surface area contributed by atoms with E-state index in [1.807, 2.05) is 6.07 Å². The Morgan fingerprint density at radius 2 is 2.16 bits per heavy atom. The van der Waals surface area contributed by atoms with Crippen LogP contribution in [0.15, 0.2) is 48.7 Å². The molecule has 166 valence electrons. The molecule has 0 bridgehead atoms. The minimum Gasteiger partial charge on any atom is -0.496 e. The Balaban J connectivity index is 1.45. The van der Waals surface area contributed by atoms with Gasteiger partial charge in [0.25, 0.3) is 5.91 Å². The molecule has 6 nitrogen and oxygen atoms in total. The average molecular weight is 474 g/mol. The van der Waals surface area contributed by atoms with Crippen LogP contribution in [0.1, 0.15) is 33.6 Å². The summed E-state index contributed by atoms with van der Waals surface area (Å²) in [4.78, 5) is 32.8. The first-order valence-electron chi connectivity index (χ1n) is 10.1. The van der Waals surface area contributed by atoms with E-state index in [0.717, 1.165) is 16.9 Å². The van der Waals surface area contributed by atoms with E-state index in [4.69, 9.17) is 16.3 Å². The van der Waals surface area contributed by atoms with E-state index in [0.29, 0.717) is 40.9 Å². The maximum absolute atomic E-state index is 13.4. The molecule has 0 saturated carbocycles. The number of nitrogens with one attached hydrogen (secondary N) is 1. The number of methoxy groups -OCH3 is 1. The number of amides is 2. The first-order chi connectivity index (χ1) is 15.4. The third-order valence-electron chi connectivity index (χ3n) is 5.26. The van der Waals surface area contributed by atoms with Crippen molar-refractivity contribution in [1.29, 1.82) is 0 Å². The van der Waals surface area contributed by atoms with Gasteiger partial charge in [0.05, 0.1) is 12.7 Å². The quantitative estimate of drug-likeness (QED) is 0.559. The summed E-state index contributed by atoms with van der Waals surface area (Å²) in [5, 5.41) is 3.69. The Kier molecular flexibility index (Phi) is 6.72. The lowest BCUT2D eigenvalue weighted by Crippen LogP contribution is -2.43. The minimum atomic E-state index is -0.609. The SMILES string of the molecule is COc1ccc(Cl)cc1C(=O)N1CCCC1C(=O)Nc1ncc(Cc2cccc(F)c2)s1. The second-order valence-corrected chi connectivity index (χ2v) is 8.98. The molecular weight excluding hydrogens is 453 g/mol. The van der Waals surface area contributed by atoms with Crippen LogP contribution in [0.25, 0.3) is 0 Å². The summed E-state index contributed by atoms with van der Waals surface area (Å²) in [7, 11) is 1.48. The molecule has 0 spiro atoms. The van der Waals surface area contributed by atoms with Gasteiger partial charge >= 0.3 is 0 Å². The van der Waals surface area contributed by atoms with Crippen molar-refractivity contribution < 1.29 is 18.7 Å². The highest BCUT2D eigenvalue weighted by molar-refractivity contribution is 7.15. The summed E-state index contributed by atoms with van der Waals surface area (Å²) in [6.45, 7) is 0.468. The molecule has 2 heterocycles. The zero-order valence-corrected chi connectivity index (χ0v) is 18.9. The molecule has 1 saturated heterocycles. The fourth-order valence-electron chi connectivity index (χ4n) is 3.77. The molecule has 1 aliphatic heterocycles. The molecule has 2 amide bonds. The van der Waals surface area contributed by atoms with Crippen molar-refractivity contribution in [3.63, 3.8) is 0 Å². The third kappa shape index (κ3) is 4.92. The van der Waals surface area contributed by atoms with E-state index in [2.05, 4.69) is 10.3 Å². The van der Waals surface area contributed by atoms with E-state index in [1.54, 1.807) is 35.4 Å². The number of aromatic nitrogens is 1. The number of benzene rings is 2. The molecule has 2 aromatic carbocycles. The highest BCUT2D eigenvalue weighted by Crippen LogP contribution is 2.29. The molecule has 9 heteroatoms. The summed E-state index contributed by atoms with van der Waals surface area (Å²) in [6, 6.07) is 10.6. The molecule has 3 aromatic rings. The van der Waals surface area contributed by atoms with Crippen LogP contribution in [0.2, 0.25) is 5.02 Å². The number of halogens is 2. The van der Waals surface area contributed by atoms with Crippen molar-refractivity contribution in [1.82, 2.24) is 9.88 Å². The van der Waals surface area contributed by atoms with E-state index >= 15 is 0 Å². The fourth-order valence-corrected chi connectivity index (χ4v) is 4.79.